The maximum Gasteiger partial charge on any atom is 0.216 e. The zero-order valence-corrected chi connectivity index (χ0v) is 8.48. The summed E-state index contributed by atoms with van der Waals surface area (Å²) < 4.78 is 10.7. The molecule has 1 aromatic carbocycles. The lowest BCUT2D eigenvalue weighted by Crippen LogP contribution is -2.01. The van der Waals surface area contributed by atoms with Crippen LogP contribution in [0.25, 0.3) is 0 Å². The molecule has 1 heterocycles. The van der Waals surface area contributed by atoms with Crippen molar-refractivity contribution in [3.05, 3.63) is 42.5 Å². The number of nitrogens with zero attached hydrogens (tertiary/aromatic N) is 1. The lowest BCUT2D eigenvalue weighted by molar-refractivity contribution is 0.348. The van der Waals surface area contributed by atoms with E-state index in [4.69, 9.17) is 9.47 Å². The molecule has 15 heavy (non-hydrogen) atoms. The summed E-state index contributed by atoms with van der Waals surface area (Å²) in [4.78, 5) is 4.24. The minimum atomic E-state index is 0.525. The van der Waals surface area contributed by atoms with Crippen LogP contribution < -0.4 is 4.74 Å². The number of benzene rings is 1. The van der Waals surface area contributed by atoms with E-state index in [1.165, 1.54) is 0 Å². The van der Waals surface area contributed by atoms with Crippen molar-refractivity contribution in [3.63, 3.8) is 0 Å². The van der Waals surface area contributed by atoms with Crippen molar-refractivity contribution >= 4 is 5.90 Å². The van der Waals surface area contributed by atoms with E-state index in [1.807, 2.05) is 24.3 Å². The third kappa shape index (κ3) is 2.37. The summed E-state index contributed by atoms with van der Waals surface area (Å²) in [6, 6.07) is 7.71. The molecule has 1 aliphatic heterocycles. The van der Waals surface area contributed by atoms with E-state index in [9.17, 15) is 0 Å². The molecule has 1 aliphatic rings. The molecule has 0 atom stereocenters. The second-order valence-electron chi connectivity index (χ2n) is 3.16. The number of hydrogen-bond donors (Lipinski definition) is 0. The fourth-order valence-corrected chi connectivity index (χ4v) is 1.36. The molecule has 0 bridgehead atoms. The average molecular weight is 203 g/mol. The normalized spacial score (nSPS) is 14.3. The quantitative estimate of drug-likeness (QED) is 0.701. The molecule has 0 aliphatic carbocycles. The highest BCUT2D eigenvalue weighted by Crippen LogP contribution is 2.14. The Bertz CT molecular complexity index is 368. The molecule has 0 N–H and O–H groups in total. The van der Waals surface area contributed by atoms with E-state index in [1.54, 1.807) is 6.08 Å². The van der Waals surface area contributed by atoms with Gasteiger partial charge in [0.05, 0.1) is 6.54 Å². The molecule has 0 amide bonds. The molecule has 0 fully saturated rings. The Morgan fingerprint density at radius 3 is 2.80 bits per heavy atom. The predicted octanol–water partition coefficient (Wildman–Crippen LogP) is 2.03. The van der Waals surface area contributed by atoms with Crippen LogP contribution in [0.2, 0.25) is 0 Å². The fraction of sp³-hybridized carbons (Fsp3) is 0.250. The molecule has 0 saturated heterocycles. The first-order valence-electron chi connectivity index (χ1n) is 4.91. The summed E-state index contributed by atoms with van der Waals surface area (Å²) in [5, 5.41) is 0. The van der Waals surface area contributed by atoms with Gasteiger partial charge in [0.2, 0.25) is 5.90 Å². The molecular formula is C12H13NO2. The third-order valence-corrected chi connectivity index (χ3v) is 2.05. The van der Waals surface area contributed by atoms with Crippen LogP contribution in [0.4, 0.5) is 0 Å². The van der Waals surface area contributed by atoms with Crippen LogP contribution in [0.1, 0.15) is 5.56 Å². The van der Waals surface area contributed by atoms with Gasteiger partial charge in [-0.15, -0.1) is 0 Å². The first-order valence-corrected chi connectivity index (χ1v) is 4.91. The van der Waals surface area contributed by atoms with Crippen LogP contribution in [-0.2, 0) is 4.74 Å². The van der Waals surface area contributed by atoms with Gasteiger partial charge in [-0.25, -0.2) is 4.99 Å². The Morgan fingerprint density at radius 2 is 2.20 bits per heavy atom. The van der Waals surface area contributed by atoms with Gasteiger partial charge in [0.25, 0.3) is 0 Å². The molecule has 0 spiro atoms. The summed E-state index contributed by atoms with van der Waals surface area (Å²) >= 11 is 0. The molecule has 0 aromatic heterocycles. The van der Waals surface area contributed by atoms with Crippen molar-refractivity contribution in [1.29, 1.82) is 0 Å². The van der Waals surface area contributed by atoms with E-state index in [-0.39, 0.29) is 0 Å². The van der Waals surface area contributed by atoms with Crippen LogP contribution in [0.5, 0.6) is 5.75 Å². The lowest BCUT2D eigenvalue weighted by atomic mass is 10.2. The van der Waals surface area contributed by atoms with Crippen LogP contribution in [-0.4, -0.2) is 25.7 Å². The highest BCUT2D eigenvalue weighted by Gasteiger charge is 2.09. The number of hydrogen-bond acceptors (Lipinski definition) is 3. The number of aliphatic imine (C=N–C) groups is 1. The van der Waals surface area contributed by atoms with Gasteiger partial charge in [-0.2, -0.15) is 0 Å². The molecule has 78 valence electrons. The second-order valence-corrected chi connectivity index (χ2v) is 3.16. The summed E-state index contributed by atoms with van der Waals surface area (Å²) in [7, 11) is 0. The van der Waals surface area contributed by atoms with Crippen LogP contribution in [0.3, 0.4) is 0 Å². The topological polar surface area (TPSA) is 30.8 Å². The Kier molecular flexibility index (Phi) is 3.02. The molecule has 1 aromatic rings. The first kappa shape index (κ1) is 9.77. The molecule has 0 unspecified atom stereocenters. The van der Waals surface area contributed by atoms with Gasteiger partial charge < -0.3 is 9.47 Å². The van der Waals surface area contributed by atoms with Gasteiger partial charge in [-0.3, -0.25) is 0 Å². The summed E-state index contributed by atoms with van der Waals surface area (Å²) in [6.45, 7) is 5.56. The highest BCUT2D eigenvalue weighted by atomic mass is 16.5. The van der Waals surface area contributed by atoms with Crippen molar-refractivity contribution in [1.82, 2.24) is 0 Å². The Labute approximate surface area is 89.0 Å². The SMILES string of the molecule is C=CCOc1ccc(C2=NCCO2)cc1. The van der Waals surface area contributed by atoms with E-state index in [2.05, 4.69) is 11.6 Å². The van der Waals surface area contributed by atoms with Crippen molar-refractivity contribution < 1.29 is 9.47 Å². The summed E-state index contributed by atoms with van der Waals surface area (Å²) in [6.07, 6.45) is 1.72. The molecule has 2 rings (SSSR count). The summed E-state index contributed by atoms with van der Waals surface area (Å²) in [5.41, 5.74) is 0.999. The van der Waals surface area contributed by atoms with Gasteiger partial charge in [0.15, 0.2) is 0 Å². The van der Waals surface area contributed by atoms with Crippen molar-refractivity contribution in [3.8, 4) is 5.75 Å². The van der Waals surface area contributed by atoms with Gasteiger partial charge in [0.1, 0.15) is 19.0 Å². The van der Waals surface area contributed by atoms with E-state index in [0.29, 0.717) is 13.2 Å². The maximum absolute atomic E-state index is 5.37. The third-order valence-electron chi connectivity index (χ3n) is 2.05. The predicted molar refractivity (Wildman–Crippen MR) is 59.5 cm³/mol. The summed E-state index contributed by atoms with van der Waals surface area (Å²) in [5.74, 6) is 1.56. The smallest absolute Gasteiger partial charge is 0.216 e. The monoisotopic (exact) mass is 203 g/mol. The molecule has 0 saturated carbocycles. The maximum atomic E-state index is 5.37. The number of ether oxygens (including phenoxy) is 2. The zero-order chi connectivity index (χ0) is 10.5. The Morgan fingerprint density at radius 1 is 1.40 bits per heavy atom. The Hall–Kier alpha value is -1.77. The van der Waals surface area contributed by atoms with Gasteiger partial charge in [-0.05, 0) is 24.3 Å². The molecule has 3 nitrogen and oxygen atoms in total. The van der Waals surface area contributed by atoms with Crippen molar-refractivity contribution in [2.45, 2.75) is 0 Å². The lowest BCUT2D eigenvalue weighted by Gasteiger charge is -2.04. The first-order chi connectivity index (χ1) is 7.40. The molecule has 0 radical (unpaired) electrons. The van der Waals surface area contributed by atoms with E-state index < -0.39 is 0 Å². The Balaban J connectivity index is 2.06. The van der Waals surface area contributed by atoms with Crippen molar-refractivity contribution in [2.24, 2.45) is 4.99 Å². The van der Waals surface area contributed by atoms with Crippen LogP contribution in [0.15, 0.2) is 41.9 Å². The fourth-order valence-electron chi connectivity index (χ4n) is 1.36. The number of rotatable bonds is 4. The second kappa shape index (κ2) is 4.64. The average Bonchev–Trinajstić information content (AvgIpc) is 2.80. The zero-order valence-electron chi connectivity index (χ0n) is 8.48. The molecular weight excluding hydrogens is 190 g/mol. The van der Waals surface area contributed by atoms with E-state index in [0.717, 1.165) is 23.8 Å². The van der Waals surface area contributed by atoms with Gasteiger partial charge in [0, 0.05) is 5.56 Å². The largest absolute Gasteiger partial charge is 0.490 e. The van der Waals surface area contributed by atoms with Crippen LogP contribution in [0, 0.1) is 0 Å². The van der Waals surface area contributed by atoms with Crippen LogP contribution >= 0.6 is 0 Å². The molecule has 3 heteroatoms. The minimum absolute atomic E-state index is 0.525. The van der Waals surface area contributed by atoms with Crippen molar-refractivity contribution in [2.75, 3.05) is 19.8 Å². The minimum Gasteiger partial charge on any atom is -0.490 e. The van der Waals surface area contributed by atoms with Gasteiger partial charge in [-0.1, -0.05) is 12.7 Å². The van der Waals surface area contributed by atoms with E-state index >= 15 is 0 Å². The standard InChI is InChI=1S/C12H13NO2/c1-2-8-14-11-5-3-10(4-6-11)12-13-7-9-15-12/h2-6H,1,7-9H2. The van der Waals surface area contributed by atoms with Gasteiger partial charge >= 0.3 is 0 Å². The highest BCUT2D eigenvalue weighted by molar-refractivity contribution is 5.94.